The van der Waals surface area contributed by atoms with Gasteiger partial charge < -0.3 is 14.4 Å². The normalized spacial score (nSPS) is 15.6. The number of ether oxygens (including phenoxy) is 1. The van der Waals surface area contributed by atoms with Gasteiger partial charge in [-0.2, -0.15) is 4.98 Å². The van der Waals surface area contributed by atoms with Crippen molar-refractivity contribution in [2.75, 3.05) is 13.1 Å². The van der Waals surface area contributed by atoms with E-state index < -0.39 is 11.4 Å². The van der Waals surface area contributed by atoms with Gasteiger partial charge in [0.05, 0.1) is 27.1 Å². The lowest BCUT2D eigenvalue weighted by Crippen LogP contribution is -2.58. The van der Waals surface area contributed by atoms with Crippen molar-refractivity contribution < 1.29 is 19.2 Å². The lowest BCUT2D eigenvalue weighted by Gasteiger charge is -2.45. The summed E-state index contributed by atoms with van der Waals surface area (Å²) < 4.78 is 11.1. The third kappa shape index (κ3) is 4.60. The average molecular weight is 476 g/mol. The molecule has 1 saturated heterocycles. The number of hydrogen-bond donors (Lipinski definition) is 1. The molecule has 0 atom stereocenters. The maximum absolute atomic E-state index is 11.3. The number of likely N-dealkylation sites (tertiary alicyclic amines) is 1. The van der Waals surface area contributed by atoms with Crippen molar-refractivity contribution in [3.05, 3.63) is 52.0 Å². The van der Waals surface area contributed by atoms with E-state index in [-0.39, 0.29) is 6.10 Å². The number of carbonyl (C=O) groups is 1. The highest BCUT2D eigenvalue weighted by molar-refractivity contribution is 6.33. The van der Waals surface area contributed by atoms with Crippen LogP contribution in [0, 0.1) is 5.41 Å². The fourth-order valence-electron chi connectivity index (χ4n) is 3.72. The molecule has 9 heteroatoms. The smallest absolute Gasteiger partial charge is 0.311 e. The summed E-state index contributed by atoms with van der Waals surface area (Å²) in [7, 11) is 0. The highest BCUT2D eigenvalue weighted by Crippen LogP contribution is 2.34. The van der Waals surface area contributed by atoms with Crippen molar-refractivity contribution in [2.24, 2.45) is 5.41 Å². The molecule has 1 fully saturated rings. The van der Waals surface area contributed by atoms with Crippen LogP contribution < -0.4 is 4.74 Å². The minimum absolute atomic E-state index is 0.0167. The fourth-order valence-corrected chi connectivity index (χ4v) is 4.23. The molecule has 0 bridgehead atoms. The van der Waals surface area contributed by atoms with Crippen molar-refractivity contribution in [3.63, 3.8) is 0 Å². The Balaban J connectivity index is 1.47. The van der Waals surface area contributed by atoms with Crippen LogP contribution in [-0.2, 0) is 11.3 Å². The van der Waals surface area contributed by atoms with Crippen LogP contribution in [0.15, 0.2) is 40.9 Å². The molecule has 0 radical (unpaired) electrons. The molecule has 4 rings (SSSR count). The van der Waals surface area contributed by atoms with Gasteiger partial charge >= 0.3 is 5.97 Å². The average Bonchev–Trinajstić information content (AvgIpc) is 3.17. The largest absolute Gasteiger partial charge is 0.489 e. The monoisotopic (exact) mass is 475 g/mol. The Bertz CT molecular complexity index is 1160. The molecule has 0 amide bonds. The van der Waals surface area contributed by atoms with Crippen molar-refractivity contribution in [2.45, 2.75) is 33.4 Å². The fraction of sp³-hybridized carbons (Fsp3) is 0.348. The second-order valence-corrected chi connectivity index (χ2v) is 9.37. The summed E-state index contributed by atoms with van der Waals surface area (Å²) in [5.74, 6) is 0.528. The van der Waals surface area contributed by atoms with Crippen LogP contribution in [0.25, 0.3) is 22.8 Å². The number of hydrogen-bond acceptors (Lipinski definition) is 6. The van der Waals surface area contributed by atoms with Crippen LogP contribution in [0.3, 0.4) is 0 Å². The van der Waals surface area contributed by atoms with Gasteiger partial charge in [-0.05, 0) is 56.7 Å². The Morgan fingerprint density at radius 3 is 2.59 bits per heavy atom. The minimum atomic E-state index is -0.766. The van der Waals surface area contributed by atoms with E-state index in [2.05, 4.69) is 15.0 Å². The molecule has 1 N–H and O–H groups in total. The van der Waals surface area contributed by atoms with Gasteiger partial charge in [-0.15, -0.1) is 0 Å². The molecule has 0 unspecified atom stereocenters. The quantitative estimate of drug-likeness (QED) is 0.488. The Labute approximate surface area is 195 Å². The lowest BCUT2D eigenvalue weighted by molar-refractivity contribution is -0.158. The molecule has 168 valence electrons. The predicted octanol–water partition coefficient (Wildman–Crippen LogP) is 5.40. The second-order valence-electron chi connectivity index (χ2n) is 8.56. The van der Waals surface area contributed by atoms with Gasteiger partial charge in [0.1, 0.15) is 5.75 Å². The third-order valence-electron chi connectivity index (χ3n) is 5.31. The number of carboxylic acid groups (broad SMARTS) is 1. The summed E-state index contributed by atoms with van der Waals surface area (Å²) in [5, 5.41) is 14.3. The van der Waals surface area contributed by atoms with Crippen molar-refractivity contribution in [1.82, 2.24) is 15.0 Å². The molecular formula is C23H23Cl2N3O4. The number of benzene rings is 2. The topological polar surface area (TPSA) is 88.7 Å². The molecule has 1 aliphatic rings. The molecule has 0 aliphatic carbocycles. The Morgan fingerprint density at radius 2 is 1.97 bits per heavy atom. The minimum Gasteiger partial charge on any atom is -0.489 e. The summed E-state index contributed by atoms with van der Waals surface area (Å²) in [5.41, 5.74) is 1.64. The van der Waals surface area contributed by atoms with E-state index in [0.29, 0.717) is 58.3 Å². The number of aliphatic carboxylic acids is 1. The zero-order chi connectivity index (χ0) is 23.0. The zero-order valence-corrected chi connectivity index (χ0v) is 19.4. The van der Waals surface area contributed by atoms with Crippen LogP contribution in [0.5, 0.6) is 5.75 Å². The van der Waals surface area contributed by atoms with Crippen LogP contribution in [0.2, 0.25) is 10.0 Å². The van der Waals surface area contributed by atoms with Gasteiger partial charge in [0, 0.05) is 25.2 Å². The van der Waals surface area contributed by atoms with E-state index in [1.807, 2.05) is 38.1 Å². The molecule has 32 heavy (non-hydrogen) atoms. The first kappa shape index (κ1) is 22.6. The van der Waals surface area contributed by atoms with E-state index in [0.717, 1.165) is 5.56 Å². The number of rotatable bonds is 7. The molecule has 0 spiro atoms. The van der Waals surface area contributed by atoms with E-state index in [9.17, 15) is 9.90 Å². The highest BCUT2D eigenvalue weighted by Gasteiger charge is 2.45. The van der Waals surface area contributed by atoms with Crippen LogP contribution in [0.1, 0.15) is 26.3 Å². The Kier molecular flexibility index (Phi) is 6.16. The second kappa shape index (κ2) is 8.73. The zero-order valence-electron chi connectivity index (χ0n) is 17.9. The molecular weight excluding hydrogens is 453 g/mol. The molecule has 0 saturated carbocycles. The third-order valence-corrected chi connectivity index (χ3v) is 5.92. The molecule has 1 aromatic heterocycles. The summed E-state index contributed by atoms with van der Waals surface area (Å²) in [6, 6.07) is 10.9. The van der Waals surface area contributed by atoms with Crippen molar-refractivity contribution >= 4 is 29.2 Å². The van der Waals surface area contributed by atoms with Gasteiger partial charge in [-0.3, -0.25) is 9.69 Å². The molecule has 2 heterocycles. The molecule has 2 aromatic carbocycles. The summed E-state index contributed by atoms with van der Waals surface area (Å²) in [6.07, 6.45) is 0.0167. The molecule has 3 aromatic rings. The number of nitrogens with zero attached hydrogens (tertiary/aromatic N) is 3. The summed E-state index contributed by atoms with van der Waals surface area (Å²) >= 11 is 12.8. The van der Waals surface area contributed by atoms with E-state index in [4.69, 9.17) is 32.5 Å². The van der Waals surface area contributed by atoms with Gasteiger partial charge in [0.25, 0.3) is 5.89 Å². The Morgan fingerprint density at radius 1 is 1.22 bits per heavy atom. The van der Waals surface area contributed by atoms with Crippen LogP contribution in [0.4, 0.5) is 0 Å². The standard InChI is InChI=1S/C23H23Cl2N3O4/c1-13(2)31-19-7-5-15(9-18(19)25)20-26-21(32-27-20)16-6-4-14(8-17(16)24)10-28-11-23(3,12-28)22(29)30/h4-9,13H,10-12H2,1-3H3,(H,29,30). The van der Waals surface area contributed by atoms with Crippen LogP contribution in [-0.4, -0.2) is 45.3 Å². The van der Waals surface area contributed by atoms with Gasteiger partial charge in [0.15, 0.2) is 0 Å². The van der Waals surface area contributed by atoms with Crippen molar-refractivity contribution in [1.29, 1.82) is 0 Å². The predicted molar refractivity (Wildman–Crippen MR) is 122 cm³/mol. The van der Waals surface area contributed by atoms with E-state index in [1.54, 1.807) is 19.1 Å². The molecule has 1 aliphatic heterocycles. The van der Waals surface area contributed by atoms with Gasteiger partial charge in [0.2, 0.25) is 5.82 Å². The number of halogens is 2. The molecule has 7 nitrogen and oxygen atoms in total. The number of carboxylic acids is 1. The van der Waals surface area contributed by atoms with E-state index in [1.165, 1.54) is 0 Å². The van der Waals surface area contributed by atoms with E-state index >= 15 is 0 Å². The Hall–Kier alpha value is -2.61. The first-order chi connectivity index (χ1) is 15.1. The first-order valence-corrected chi connectivity index (χ1v) is 10.9. The SMILES string of the molecule is CC(C)Oc1ccc(-c2noc(-c3ccc(CN4CC(C)(C(=O)O)C4)cc3Cl)n2)cc1Cl. The maximum atomic E-state index is 11.3. The van der Waals surface area contributed by atoms with Crippen molar-refractivity contribution in [3.8, 4) is 28.6 Å². The highest BCUT2D eigenvalue weighted by atomic mass is 35.5. The maximum Gasteiger partial charge on any atom is 0.311 e. The number of aromatic nitrogens is 2. The van der Waals surface area contributed by atoms with Gasteiger partial charge in [-0.1, -0.05) is 34.4 Å². The summed E-state index contributed by atoms with van der Waals surface area (Å²) in [6.45, 7) is 7.27. The van der Waals surface area contributed by atoms with Crippen LogP contribution >= 0.6 is 23.2 Å². The first-order valence-electron chi connectivity index (χ1n) is 10.2. The lowest BCUT2D eigenvalue weighted by atomic mass is 9.82. The summed E-state index contributed by atoms with van der Waals surface area (Å²) in [4.78, 5) is 17.8. The van der Waals surface area contributed by atoms with Gasteiger partial charge in [-0.25, -0.2) is 0 Å².